The first-order valence-electron chi connectivity index (χ1n) is 8.83. The van der Waals surface area contributed by atoms with Crippen molar-refractivity contribution in [3.05, 3.63) is 47.8 Å². The van der Waals surface area contributed by atoms with Crippen LogP contribution < -0.4 is 10.1 Å². The number of amides is 1. The molecule has 0 unspecified atom stereocenters. The number of hydrogen-bond donors (Lipinski definition) is 1. The van der Waals surface area contributed by atoms with Crippen LogP contribution in [0.3, 0.4) is 0 Å². The number of pyridine rings is 1. The number of carbonyl (C=O) groups excluding carboxylic acids is 1. The largest absolute Gasteiger partial charge is 0.573 e. The van der Waals surface area contributed by atoms with Crippen molar-refractivity contribution in [2.45, 2.75) is 26.8 Å². The Morgan fingerprint density at radius 1 is 1.21 bits per heavy atom. The van der Waals surface area contributed by atoms with Gasteiger partial charge in [-0.1, -0.05) is 0 Å². The molecule has 154 valence electrons. The topological polar surface area (TPSA) is 59.4 Å². The zero-order valence-electron chi connectivity index (χ0n) is 16.5. The molecule has 1 amide bonds. The van der Waals surface area contributed by atoms with Gasteiger partial charge in [0.2, 0.25) is 5.91 Å². The van der Waals surface area contributed by atoms with Crippen LogP contribution in [0.25, 0.3) is 10.9 Å². The number of rotatable bonds is 5. The van der Waals surface area contributed by atoms with Gasteiger partial charge >= 0.3 is 6.36 Å². The second-order valence-electron chi connectivity index (χ2n) is 6.93. The van der Waals surface area contributed by atoms with Crippen molar-refractivity contribution >= 4 is 28.3 Å². The minimum Gasteiger partial charge on any atom is -0.406 e. The lowest BCUT2D eigenvalue weighted by Crippen LogP contribution is -2.25. The highest BCUT2D eigenvalue weighted by atomic mass is 19.4. The van der Waals surface area contributed by atoms with Crippen molar-refractivity contribution in [3.63, 3.8) is 0 Å². The van der Waals surface area contributed by atoms with Gasteiger partial charge in [-0.25, -0.2) is 4.98 Å². The number of ether oxygens (including phenoxy) is 1. The summed E-state index contributed by atoms with van der Waals surface area (Å²) in [6.07, 6.45) is -1.32. The summed E-state index contributed by atoms with van der Waals surface area (Å²) in [5.74, 6) is 0.243. The predicted octanol–water partition coefficient (Wildman–Crippen LogP) is 4.38. The number of halogens is 3. The predicted molar refractivity (Wildman–Crippen MR) is 104 cm³/mol. The maximum atomic E-state index is 12.5. The first kappa shape index (κ1) is 20.5. The average Bonchev–Trinajstić information content (AvgIpc) is 3.00. The molecule has 0 fully saturated rings. The first-order chi connectivity index (χ1) is 13.5. The third kappa shape index (κ3) is 4.61. The minimum atomic E-state index is -4.74. The molecule has 0 atom stereocenters. The van der Waals surface area contributed by atoms with E-state index in [1.54, 1.807) is 40.3 Å². The summed E-state index contributed by atoms with van der Waals surface area (Å²) in [5.41, 5.74) is 2.65. The van der Waals surface area contributed by atoms with Crippen LogP contribution in [0.5, 0.6) is 5.75 Å². The number of benzene rings is 1. The summed E-state index contributed by atoms with van der Waals surface area (Å²) in [6, 6.07) is 6.30. The Morgan fingerprint density at radius 3 is 2.45 bits per heavy atom. The summed E-state index contributed by atoms with van der Waals surface area (Å²) in [7, 11) is 3.39. The molecule has 1 aromatic carbocycles. The van der Waals surface area contributed by atoms with Crippen molar-refractivity contribution < 1.29 is 22.7 Å². The second kappa shape index (κ2) is 7.65. The fourth-order valence-electron chi connectivity index (χ4n) is 3.08. The van der Waals surface area contributed by atoms with Gasteiger partial charge < -0.3 is 19.5 Å². The lowest BCUT2D eigenvalue weighted by molar-refractivity contribution is -0.274. The maximum Gasteiger partial charge on any atom is 0.573 e. The Hall–Kier alpha value is -3.23. The summed E-state index contributed by atoms with van der Waals surface area (Å²) in [5, 5.41) is 4.01. The highest BCUT2D eigenvalue weighted by molar-refractivity contribution is 5.93. The van der Waals surface area contributed by atoms with Crippen LogP contribution in [-0.2, 0) is 11.3 Å². The van der Waals surface area contributed by atoms with Crippen LogP contribution in [0.1, 0.15) is 11.1 Å². The van der Waals surface area contributed by atoms with Gasteiger partial charge in [-0.3, -0.25) is 4.79 Å². The van der Waals surface area contributed by atoms with Crippen molar-refractivity contribution in [3.8, 4) is 5.75 Å². The average molecular weight is 406 g/mol. The molecule has 0 aliphatic heterocycles. The van der Waals surface area contributed by atoms with Gasteiger partial charge in [0, 0.05) is 37.6 Å². The molecule has 2 aromatic heterocycles. The van der Waals surface area contributed by atoms with Crippen molar-refractivity contribution in [1.29, 1.82) is 0 Å². The zero-order chi connectivity index (χ0) is 21.3. The lowest BCUT2D eigenvalue weighted by Gasteiger charge is -2.16. The summed E-state index contributed by atoms with van der Waals surface area (Å²) >= 11 is 0. The molecule has 0 bridgehead atoms. The minimum absolute atomic E-state index is 0.0410. The molecule has 0 aliphatic rings. The van der Waals surface area contributed by atoms with Crippen molar-refractivity contribution in [2.24, 2.45) is 0 Å². The molecule has 9 heteroatoms. The number of aromatic nitrogens is 2. The van der Waals surface area contributed by atoms with E-state index in [1.165, 1.54) is 17.0 Å². The molecule has 0 aliphatic carbocycles. The van der Waals surface area contributed by atoms with Crippen LogP contribution in [0, 0.1) is 13.8 Å². The number of anilines is 2. The molecule has 29 heavy (non-hydrogen) atoms. The zero-order valence-corrected chi connectivity index (χ0v) is 16.5. The normalized spacial score (nSPS) is 11.6. The van der Waals surface area contributed by atoms with Gasteiger partial charge in [0.1, 0.15) is 18.1 Å². The summed E-state index contributed by atoms with van der Waals surface area (Å²) < 4.78 is 43.3. The Morgan fingerprint density at radius 2 is 1.86 bits per heavy atom. The molecule has 1 N–H and O–H groups in total. The molecule has 3 aromatic rings. The van der Waals surface area contributed by atoms with E-state index < -0.39 is 6.36 Å². The number of nitrogens with zero attached hydrogens (tertiary/aromatic N) is 3. The highest BCUT2D eigenvalue weighted by Gasteiger charge is 2.31. The van der Waals surface area contributed by atoms with Crippen molar-refractivity contribution in [2.75, 3.05) is 19.4 Å². The Bertz CT molecular complexity index is 1030. The SMILES string of the molecule is Cc1cc(OC(F)(F)F)cc(C)c1Nc1nccc2c1ccn2CC(=O)N(C)C. The number of nitrogens with one attached hydrogen (secondary N) is 1. The molecule has 2 heterocycles. The number of alkyl halides is 3. The molecule has 0 spiro atoms. The maximum absolute atomic E-state index is 12.5. The van der Waals surface area contributed by atoms with E-state index in [-0.39, 0.29) is 18.2 Å². The van der Waals surface area contributed by atoms with Crippen LogP contribution >= 0.6 is 0 Å². The van der Waals surface area contributed by atoms with E-state index >= 15 is 0 Å². The number of carbonyl (C=O) groups is 1. The Labute approximate surface area is 165 Å². The van der Waals surface area contributed by atoms with E-state index in [0.717, 1.165) is 10.9 Å². The number of aryl methyl sites for hydroxylation is 2. The quantitative estimate of drug-likeness (QED) is 0.683. The van der Waals surface area contributed by atoms with Gasteiger partial charge in [-0.2, -0.15) is 0 Å². The number of hydrogen-bond acceptors (Lipinski definition) is 4. The molecule has 0 saturated carbocycles. The van der Waals surface area contributed by atoms with E-state index in [1.807, 2.05) is 16.7 Å². The van der Waals surface area contributed by atoms with Gasteiger partial charge in [0.15, 0.2) is 0 Å². The van der Waals surface area contributed by atoms with Crippen molar-refractivity contribution in [1.82, 2.24) is 14.5 Å². The van der Waals surface area contributed by atoms with Crippen LogP contribution in [-0.4, -0.2) is 40.8 Å². The molecule has 3 rings (SSSR count). The van der Waals surface area contributed by atoms with E-state index in [9.17, 15) is 18.0 Å². The number of likely N-dealkylation sites (N-methyl/N-ethyl adjacent to an activating group) is 1. The monoisotopic (exact) mass is 406 g/mol. The van der Waals surface area contributed by atoms with Crippen LogP contribution in [0.4, 0.5) is 24.7 Å². The van der Waals surface area contributed by atoms with Crippen LogP contribution in [0.2, 0.25) is 0 Å². The van der Waals surface area contributed by atoms with Gasteiger partial charge in [-0.15, -0.1) is 13.2 Å². The third-order valence-electron chi connectivity index (χ3n) is 4.49. The summed E-state index contributed by atoms with van der Waals surface area (Å²) in [6.45, 7) is 3.58. The Balaban J connectivity index is 1.93. The first-order valence-corrected chi connectivity index (χ1v) is 8.83. The lowest BCUT2D eigenvalue weighted by atomic mass is 10.1. The molecule has 0 radical (unpaired) electrons. The van der Waals surface area contributed by atoms with Gasteiger partial charge in [0.25, 0.3) is 0 Å². The van der Waals surface area contributed by atoms with Crippen LogP contribution in [0.15, 0.2) is 36.7 Å². The second-order valence-corrected chi connectivity index (χ2v) is 6.93. The fourth-order valence-corrected chi connectivity index (χ4v) is 3.08. The standard InChI is InChI=1S/C20H21F3N4O2/c1-12-9-14(29-20(21,22)23)10-13(2)18(12)25-19-15-6-8-27(11-17(28)26(3)4)16(15)5-7-24-19/h5-10H,11H2,1-4H3,(H,24,25). The molecule has 6 nitrogen and oxygen atoms in total. The Kier molecular flexibility index (Phi) is 5.41. The molecule has 0 saturated heterocycles. The highest BCUT2D eigenvalue weighted by Crippen LogP contribution is 2.33. The van der Waals surface area contributed by atoms with Gasteiger partial charge in [0.05, 0.1) is 5.52 Å². The van der Waals surface area contributed by atoms with E-state index in [2.05, 4.69) is 15.0 Å². The summed E-state index contributed by atoms with van der Waals surface area (Å²) in [4.78, 5) is 17.9. The van der Waals surface area contributed by atoms with Gasteiger partial charge in [-0.05, 0) is 49.2 Å². The van der Waals surface area contributed by atoms with E-state index in [4.69, 9.17) is 0 Å². The molecular formula is C20H21F3N4O2. The van der Waals surface area contributed by atoms with E-state index in [0.29, 0.717) is 22.6 Å². The smallest absolute Gasteiger partial charge is 0.406 e. The third-order valence-corrected chi connectivity index (χ3v) is 4.49. The number of fused-ring (bicyclic) bond motifs is 1. The molecular weight excluding hydrogens is 385 g/mol. The fraction of sp³-hybridized carbons (Fsp3) is 0.300.